The maximum absolute atomic E-state index is 13.0. The lowest BCUT2D eigenvalue weighted by Crippen LogP contribution is -2.48. The van der Waals surface area contributed by atoms with Gasteiger partial charge in [-0.3, -0.25) is 4.90 Å². The highest BCUT2D eigenvalue weighted by atomic mass is 16.6. The largest absolute Gasteiger partial charge is 0.467 e. The van der Waals surface area contributed by atoms with Crippen LogP contribution >= 0.6 is 0 Å². The molecule has 0 fully saturated rings. The summed E-state index contributed by atoms with van der Waals surface area (Å²) in [7, 11) is 1.30. The monoisotopic (exact) mass is 394 g/mol. The van der Waals surface area contributed by atoms with Gasteiger partial charge in [-0.05, 0) is 44.0 Å². The Labute approximate surface area is 171 Å². The summed E-state index contributed by atoms with van der Waals surface area (Å²) in [4.78, 5) is 27.0. The van der Waals surface area contributed by atoms with E-state index < -0.39 is 23.7 Å². The average molecular weight is 394 g/mol. The Morgan fingerprint density at radius 2 is 1.66 bits per heavy atom. The molecule has 0 radical (unpaired) electrons. The SMILES string of the molecule is COC(=O)[C@@H](Cc1ccccc1)N(Cc1ccc(C#N)cc1)C(=O)OC(C)(C)C. The van der Waals surface area contributed by atoms with Crippen molar-refractivity contribution in [2.24, 2.45) is 0 Å². The van der Waals surface area contributed by atoms with Crippen molar-refractivity contribution < 1.29 is 19.1 Å². The second-order valence-electron chi connectivity index (χ2n) is 7.65. The summed E-state index contributed by atoms with van der Waals surface area (Å²) >= 11 is 0. The molecular weight excluding hydrogens is 368 g/mol. The molecule has 1 amide bonds. The van der Waals surface area contributed by atoms with Crippen LogP contribution in [0.15, 0.2) is 54.6 Å². The van der Waals surface area contributed by atoms with E-state index in [-0.39, 0.29) is 6.54 Å². The van der Waals surface area contributed by atoms with E-state index in [0.29, 0.717) is 12.0 Å². The zero-order chi connectivity index (χ0) is 21.4. The third-order valence-corrected chi connectivity index (χ3v) is 4.19. The van der Waals surface area contributed by atoms with Crippen LogP contribution in [0.25, 0.3) is 0 Å². The third kappa shape index (κ3) is 6.65. The van der Waals surface area contributed by atoms with Crippen molar-refractivity contribution in [2.45, 2.75) is 45.4 Å². The van der Waals surface area contributed by atoms with Gasteiger partial charge < -0.3 is 9.47 Å². The number of nitriles is 1. The Balaban J connectivity index is 2.38. The van der Waals surface area contributed by atoms with E-state index in [1.54, 1.807) is 45.0 Å². The summed E-state index contributed by atoms with van der Waals surface area (Å²) in [5, 5.41) is 8.99. The van der Waals surface area contributed by atoms with Crippen LogP contribution in [0.4, 0.5) is 4.79 Å². The minimum Gasteiger partial charge on any atom is -0.467 e. The van der Waals surface area contributed by atoms with Crippen molar-refractivity contribution in [2.75, 3.05) is 7.11 Å². The summed E-state index contributed by atoms with van der Waals surface area (Å²) in [6.07, 6.45) is -0.309. The number of hydrogen-bond acceptors (Lipinski definition) is 5. The van der Waals surface area contributed by atoms with Gasteiger partial charge in [-0.1, -0.05) is 42.5 Å². The van der Waals surface area contributed by atoms with Gasteiger partial charge in [-0.25, -0.2) is 9.59 Å². The van der Waals surface area contributed by atoms with Gasteiger partial charge in [0.2, 0.25) is 0 Å². The predicted octanol–water partition coefficient (Wildman–Crippen LogP) is 4.08. The zero-order valence-electron chi connectivity index (χ0n) is 17.2. The van der Waals surface area contributed by atoms with Crippen molar-refractivity contribution in [3.05, 3.63) is 71.3 Å². The number of amides is 1. The second-order valence-corrected chi connectivity index (χ2v) is 7.65. The quantitative estimate of drug-likeness (QED) is 0.690. The van der Waals surface area contributed by atoms with Gasteiger partial charge in [0.1, 0.15) is 11.6 Å². The molecule has 6 nitrogen and oxygen atoms in total. The minimum absolute atomic E-state index is 0.146. The molecule has 152 valence electrons. The van der Waals surface area contributed by atoms with Crippen molar-refractivity contribution >= 4 is 12.1 Å². The third-order valence-electron chi connectivity index (χ3n) is 4.19. The Morgan fingerprint density at radius 3 is 2.17 bits per heavy atom. The molecule has 0 aliphatic carbocycles. The number of esters is 1. The van der Waals surface area contributed by atoms with E-state index in [4.69, 9.17) is 14.7 Å². The molecule has 0 unspecified atom stereocenters. The number of carbonyl (C=O) groups is 2. The topological polar surface area (TPSA) is 79.6 Å². The van der Waals surface area contributed by atoms with Crippen molar-refractivity contribution in [3.63, 3.8) is 0 Å². The van der Waals surface area contributed by atoms with Gasteiger partial charge in [0.15, 0.2) is 0 Å². The molecule has 1 atom stereocenters. The Hall–Kier alpha value is -3.33. The number of hydrogen-bond donors (Lipinski definition) is 0. The number of benzene rings is 2. The molecule has 0 spiro atoms. The molecule has 0 saturated heterocycles. The first-order valence-electron chi connectivity index (χ1n) is 9.34. The molecule has 0 saturated carbocycles. The fourth-order valence-corrected chi connectivity index (χ4v) is 2.80. The summed E-state index contributed by atoms with van der Waals surface area (Å²) in [5.74, 6) is -0.520. The predicted molar refractivity (Wildman–Crippen MR) is 109 cm³/mol. The average Bonchev–Trinajstić information content (AvgIpc) is 2.70. The molecule has 29 heavy (non-hydrogen) atoms. The molecular formula is C23H26N2O4. The highest BCUT2D eigenvalue weighted by Crippen LogP contribution is 2.19. The van der Waals surface area contributed by atoms with E-state index in [2.05, 4.69) is 6.07 Å². The molecule has 2 aromatic rings. The highest BCUT2D eigenvalue weighted by molar-refractivity contribution is 5.82. The summed E-state index contributed by atoms with van der Waals surface area (Å²) in [6.45, 7) is 5.46. The van der Waals surface area contributed by atoms with E-state index in [1.807, 2.05) is 30.3 Å². The first kappa shape index (κ1) is 22.0. The van der Waals surface area contributed by atoms with E-state index in [0.717, 1.165) is 11.1 Å². The van der Waals surface area contributed by atoms with Crippen LogP contribution in [0.2, 0.25) is 0 Å². The van der Waals surface area contributed by atoms with E-state index in [1.165, 1.54) is 12.0 Å². The van der Waals surface area contributed by atoms with Gasteiger partial charge in [0.05, 0.1) is 18.7 Å². The van der Waals surface area contributed by atoms with Gasteiger partial charge in [-0.15, -0.1) is 0 Å². The van der Waals surface area contributed by atoms with Crippen LogP contribution in [0.5, 0.6) is 0 Å². The number of nitrogens with zero attached hydrogens (tertiary/aromatic N) is 2. The fourth-order valence-electron chi connectivity index (χ4n) is 2.80. The van der Waals surface area contributed by atoms with Gasteiger partial charge in [0.25, 0.3) is 0 Å². The Kier molecular flexibility index (Phi) is 7.38. The fraction of sp³-hybridized carbons (Fsp3) is 0.348. The summed E-state index contributed by atoms with van der Waals surface area (Å²) in [5.41, 5.74) is 1.48. The number of rotatable bonds is 6. The molecule has 2 rings (SSSR count). The molecule has 6 heteroatoms. The number of carbonyl (C=O) groups excluding carboxylic acids is 2. The van der Waals surface area contributed by atoms with Crippen LogP contribution in [0.1, 0.15) is 37.5 Å². The smallest absolute Gasteiger partial charge is 0.411 e. The summed E-state index contributed by atoms with van der Waals surface area (Å²) in [6, 6.07) is 17.5. The number of ether oxygens (including phenoxy) is 2. The van der Waals surface area contributed by atoms with Crippen molar-refractivity contribution in [3.8, 4) is 6.07 Å². The van der Waals surface area contributed by atoms with Gasteiger partial charge in [0, 0.05) is 13.0 Å². The zero-order valence-corrected chi connectivity index (χ0v) is 17.2. The standard InChI is InChI=1S/C23H26N2O4/c1-23(2,3)29-22(27)25(16-19-12-10-18(15-24)11-13-19)20(21(26)28-4)14-17-8-6-5-7-9-17/h5-13,20H,14,16H2,1-4H3/t20-/m1/s1. The van der Waals surface area contributed by atoms with Crippen LogP contribution in [0.3, 0.4) is 0 Å². The second kappa shape index (κ2) is 9.74. The molecule has 0 aliphatic rings. The van der Waals surface area contributed by atoms with Crippen LogP contribution in [-0.4, -0.2) is 35.7 Å². The van der Waals surface area contributed by atoms with Crippen LogP contribution in [0, 0.1) is 11.3 Å². The summed E-state index contributed by atoms with van der Waals surface area (Å²) < 4.78 is 10.5. The normalized spacial score (nSPS) is 11.8. The molecule has 0 bridgehead atoms. The molecule has 0 heterocycles. The molecule has 0 N–H and O–H groups in total. The first-order chi connectivity index (χ1) is 13.7. The van der Waals surface area contributed by atoms with E-state index >= 15 is 0 Å². The number of methoxy groups -OCH3 is 1. The minimum atomic E-state index is -0.854. The Bertz CT molecular complexity index is 864. The first-order valence-corrected chi connectivity index (χ1v) is 9.34. The molecule has 0 aromatic heterocycles. The lowest BCUT2D eigenvalue weighted by Gasteiger charge is -2.32. The maximum atomic E-state index is 13.0. The Morgan fingerprint density at radius 1 is 1.03 bits per heavy atom. The van der Waals surface area contributed by atoms with Crippen LogP contribution in [-0.2, 0) is 27.2 Å². The lowest BCUT2D eigenvalue weighted by atomic mass is 10.0. The molecule has 0 aliphatic heterocycles. The van der Waals surface area contributed by atoms with Crippen molar-refractivity contribution in [1.29, 1.82) is 5.26 Å². The van der Waals surface area contributed by atoms with Gasteiger partial charge >= 0.3 is 12.1 Å². The van der Waals surface area contributed by atoms with E-state index in [9.17, 15) is 9.59 Å². The van der Waals surface area contributed by atoms with Crippen LogP contribution < -0.4 is 0 Å². The maximum Gasteiger partial charge on any atom is 0.411 e. The highest BCUT2D eigenvalue weighted by Gasteiger charge is 2.34. The van der Waals surface area contributed by atoms with Crippen molar-refractivity contribution in [1.82, 2.24) is 4.90 Å². The molecule has 2 aromatic carbocycles. The van der Waals surface area contributed by atoms with Gasteiger partial charge in [-0.2, -0.15) is 5.26 Å². The lowest BCUT2D eigenvalue weighted by molar-refractivity contribution is -0.147.